The Labute approximate surface area is 126 Å². The molecule has 0 bridgehead atoms. The fourth-order valence-corrected chi connectivity index (χ4v) is 1.91. The molecule has 2 N–H and O–H groups in total. The summed E-state index contributed by atoms with van der Waals surface area (Å²) in [7, 11) is 0. The molecule has 0 atom stereocenters. The lowest BCUT2D eigenvalue weighted by atomic mass is 10.2. The molecule has 19 heavy (non-hydrogen) atoms. The first-order chi connectivity index (χ1) is 9.17. The highest BCUT2D eigenvalue weighted by Crippen LogP contribution is 2.07. The molecular formula is C13H18INO4. The quantitative estimate of drug-likeness (QED) is 0.515. The first-order valence-electron chi connectivity index (χ1n) is 6.04. The van der Waals surface area contributed by atoms with E-state index in [9.17, 15) is 4.79 Å². The van der Waals surface area contributed by atoms with Gasteiger partial charge in [-0.25, -0.2) is 4.79 Å². The van der Waals surface area contributed by atoms with Crippen LogP contribution in [0.1, 0.15) is 10.4 Å². The predicted octanol–water partition coefficient (Wildman–Crippen LogP) is 0.735. The third-order valence-corrected chi connectivity index (χ3v) is 3.27. The molecular weight excluding hydrogens is 361 g/mol. The van der Waals surface area contributed by atoms with Crippen LogP contribution in [-0.2, 0) is 4.74 Å². The van der Waals surface area contributed by atoms with Gasteiger partial charge in [0.05, 0.1) is 18.8 Å². The molecule has 0 unspecified atom stereocenters. The third kappa shape index (κ3) is 6.33. The van der Waals surface area contributed by atoms with Crippen molar-refractivity contribution in [3.63, 3.8) is 0 Å². The zero-order valence-corrected chi connectivity index (χ0v) is 12.7. The number of rotatable bonds is 8. The van der Waals surface area contributed by atoms with Crippen LogP contribution in [0.5, 0.6) is 0 Å². The van der Waals surface area contributed by atoms with Crippen molar-refractivity contribution in [1.29, 1.82) is 0 Å². The maximum atomic E-state index is 11.7. The van der Waals surface area contributed by atoms with E-state index < -0.39 is 0 Å². The van der Waals surface area contributed by atoms with E-state index in [1.54, 1.807) is 12.1 Å². The summed E-state index contributed by atoms with van der Waals surface area (Å²) < 4.78 is 6.21. The number of carbonyl (C=O) groups is 1. The second-order valence-corrected chi connectivity index (χ2v) is 5.18. The normalized spacial score (nSPS) is 10.7. The van der Waals surface area contributed by atoms with Crippen LogP contribution < -0.4 is 0 Å². The highest BCUT2D eigenvalue weighted by atomic mass is 127. The van der Waals surface area contributed by atoms with Crippen molar-refractivity contribution in [3.8, 4) is 0 Å². The first-order valence-corrected chi connectivity index (χ1v) is 7.12. The van der Waals surface area contributed by atoms with E-state index in [0.29, 0.717) is 25.2 Å². The number of esters is 1. The molecule has 1 rings (SSSR count). The molecule has 0 amide bonds. The summed E-state index contributed by atoms with van der Waals surface area (Å²) >= 11 is 2.17. The molecule has 0 saturated heterocycles. The van der Waals surface area contributed by atoms with Gasteiger partial charge in [-0.1, -0.05) is 0 Å². The lowest BCUT2D eigenvalue weighted by Gasteiger charge is -2.19. The maximum Gasteiger partial charge on any atom is 0.338 e. The Morgan fingerprint density at radius 1 is 1.11 bits per heavy atom. The van der Waals surface area contributed by atoms with Gasteiger partial charge in [-0.2, -0.15) is 0 Å². The number of hydrogen-bond donors (Lipinski definition) is 2. The molecule has 0 spiro atoms. The molecule has 0 aliphatic heterocycles. The van der Waals surface area contributed by atoms with Gasteiger partial charge < -0.3 is 14.9 Å². The molecule has 1 aromatic carbocycles. The molecule has 5 nitrogen and oxygen atoms in total. The summed E-state index contributed by atoms with van der Waals surface area (Å²) in [6.07, 6.45) is 0. The average molecular weight is 379 g/mol. The molecule has 0 aliphatic carbocycles. The van der Waals surface area contributed by atoms with Gasteiger partial charge in [-0.15, -0.1) is 0 Å². The van der Waals surface area contributed by atoms with Gasteiger partial charge in [0.2, 0.25) is 0 Å². The number of aliphatic hydroxyl groups excluding tert-OH is 2. The molecule has 0 aliphatic rings. The summed E-state index contributed by atoms with van der Waals surface area (Å²) in [4.78, 5) is 13.5. The zero-order chi connectivity index (χ0) is 14.1. The maximum absolute atomic E-state index is 11.7. The van der Waals surface area contributed by atoms with Crippen LogP contribution >= 0.6 is 22.6 Å². The lowest BCUT2D eigenvalue weighted by molar-refractivity contribution is 0.0443. The average Bonchev–Trinajstić information content (AvgIpc) is 2.40. The minimum Gasteiger partial charge on any atom is -0.461 e. The van der Waals surface area contributed by atoms with Gasteiger partial charge >= 0.3 is 5.97 Å². The van der Waals surface area contributed by atoms with Crippen LogP contribution in [0.15, 0.2) is 24.3 Å². The monoisotopic (exact) mass is 379 g/mol. The molecule has 0 radical (unpaired) electrons. The van der Waals surface area contributed by atoms with Crippen LogP contribution in [0.2, 0.25) is 0 Å². The van der Waals surface area contributed by atoms with Crippen LogP contribution in [0.4, 0.5) is 0 Å². The number of ether oxygens (including phenoxy) is 1. The second kappa shape index (κ2) is 9.24. The van der Waals surface area contributed by atoms with Gasteiger partial charge in [-0.05, 0) is 46.9 Å². The first kappa shape index (κ1) is 16.4. The Kier molecular flexibility index (Phi) is 7.96. The predicted molar refractivity (Wildman–Crippen MR) is 80.1 cm³/mol. The molecule has 1 aromatic rings. The Balaban J connectivity index is 2.35. The minimum atomic E-state index is -0.357. The summed E-state index contributed by atoms with van der Waals surface area (Å²) in [6.45, 7) is 1.70. The van der Waals surface area contributed by atoms with Crippen molar-refractivity contribution < 1.29 is 19.7 Å². The Morgan fingerprint density at radius 3 is 2.21 bits per heavy atom. The molecule has 0 heterocycles. The van der Waals surface area contributed by atoms with Crippen molar-refractivity contribution in [3.05, 3.63) is 33.4 Å². The summed E-state index contributed by atoms with van der Waals surface area (Å²) in [5.74, 6) is -0.357. The number of aliphatic hydroxyl groups is 2. The molecule has 0 fully saturated rings. The molecule has 0 saturated carbocycles. The van der Waals surface area contributed by atoms with E-state index in [1.165, 1.54) is 0 Å². The van der Waals surface area contributed by atoms with Crippen molar-refractivity contribution in [2.45, 2.75) is 0 Å². The fourth-order valence-electron chi connectivity index (χ4n) is 1.55. The Hall–Kier alpha value is -0.700. The van der Waals surface area contributed by atoms with Gasteiger partial charge in [0.25, 0.3) is 0 Å². The Morgan fingerprint density at radius 2 is 1.68 bits per heavy atom. The van der Waals surface area contributed by atoms with E-state index >= 15 is 0 Å². The van der Waals surface area contributed by atoms with Crippen molar-refractivity contribution in [2.24, 2.45) is 0 Å². The summed E-state index contributed by atoms with van der Waals surface area (Å²) in [5, 5.41) is 17.7. The van der Waals surface area contributed by atoms with Crippen LogP contribution in [0.3, 0.4) is 0 Å². The summed E-state index contributed by atoms with van der Waals surface area (Å²) in [6, 6.07) is 7.15. The highest BCUT2D eigenvalue weighted by Gasteiger charge is 2.08. The number of carbonyl (C=O) groups excluding carboxylic acids is 1. The number of hydrogen-bond acceptors (Lipinski definition) is 5. The molecule has 106 valence electrons. The smallest absolute Gasteiger partial charge is 0.338 e. The third-order valence-electron chi connectivity index (χ3n) is 2.55. The van der Waals surface area contributed by atoms with Gasteiger partial charge in [0.1, 0.15) is 6.61 Å². The fraction of sp³-hybridized carbons (Fsp3) is 0.462. The van der Waals surface area contributed by atoms with E-state index in [4.69, 9.17) is 14.9 Å². The topological polar surface area (TPSA) is 70.0 Å². The van der Waals surface area contributed by atoms with Crippen LogP contribution in [0.25, 0.3) is 0 Å². The summed E-state index contributed by atoms with van der Waals surface area (Å²) in [5.41, 5.74) is 0.524. The lowest BCUT2D eigenvalue weighted by Crippen LogP contribution is -2.33. The molecule has 0 aromatic heterocycles. The van der Waals surface area contributed by atoms with Crippen LogP contribution in [0, 0.1) is 3.57 Å². The highest BCUT2D eigenvalue weighted by molar-refractivity contribution is 14.1. The SMILES string of the molecule is O=C(OCCN(CCO)CCO)c1ccc(I)cc1. The van der Waals surface area contributed by atoms with E-state index in [-0.39, 0.29) is 25.8 Å². The largest absolute Gasteiger partial charge is 0.461 e. The minimum absolute atomic E-state index is 0.0189. The number of nitrogens with zero attached hydrogens (tertiary/aromatic N) is 1. The van der Waals surface area contributed by atoms with Gasteiger partial charge in [0, 0.05) is 23.2 Å². The van der Waals surface area contributed by atoms with Crippen molar-refractivity contribution >= 4 is 28.6 Å². The van der Waals surface area contributed by atoms with E-state index in [0.717, 1.165) is 3.57 Å². The van der Waals surface area contributed by atoms with Crippen molar-refractivity contribution in [1.82, 2.24) is 4.90 Å². The second-order valence-electron chi connectivity index (χ2n) is 3.93. The van der Waals surface area contributed by atoms with Gasteiger partial charge in [-0.3, -0.25) is 4.90 Å². The number of halogens is 1. The van der Waals surface area contributed by atoms with E-state index in [2.05, 4.69) is 22.6 Å². The van der Waals surface area contributed by atoms with Gasteiger partial charge in [0.15, 0.2) is 0 Å². The molecule has 6 heteroatoms. The van der Waals surface area contributed by atoms with E-state index in [1.807, 2.05) is 17.0 Å². The standard InChI is InChI=1S/C13H18INO4/c14-12-3-1-11(2-4-12)13(18)19-10-7-15(5-8-16)6-9-17/h1-4,16-17H,5-10H2. The zero-order valence-electron chi connectivity index (χ0n) is 10.6. The number of benzene rings is 1. The van der Waals surface area contributed by atoms with Crippen molar-refractivity contribution in [2.75, 3.05) is 39.5 Å². The van der Waals surface area contributed by atoms with Crippen LogP contribution in [-0.4, -0.2) is 60.5 Å². The Bertz CT molecular complexity index is 377.